The first-order chi connectivity index (χ1) is 7.20. The van der Waals surface area contributed by atoms with Crippen molar-refractivity contribution in [1.29, 1.82) is 0 Å². The molecule has 0 bridgehead atoms. The molecule has 0 saturated carbocycles. The third kappa shape index (κ3) is 2.17. The molecule has 0 fully saturated rings. The number of benzene rings is 2. The Hall–Kier alpha value is -0.960. The van der Waals surface area contributed by atoms with Crippen LogP contribution in [0.15, 0.2) is 36.4 Å². The third-order valence-electron chi connectivity index (χ3n) is 2.33. The Morgan fingerprint density at radius 3 is 2.33 bits per heavy atom. The maximum atomic E-state index is 12.4. The highest BCUT2D eigenvalue weighted by Gasteiger charge is 2.06. The van der Waals surface area contributed by atoms with Gasteiger partial charge in [0.15, 0.2) is 0 Å². The van der Waals surface area contributed by atoms with Crippen LogP contribution in [0.3, 0.4) is 0 Å². The average molecular weight is 271 g/mol. The number of fused-ring (bicyclic) bond motifs is 1. The lowest BCUT2D eigenvalue weighted by molar-refractivity contribution is 0.151. The van der Waals surface area contributed by atoms with Crippen LogP contribution in [0, 0.1) is 0 Å². The second-order valence-corrected chi connectivity index (χ2v) is 3.94. The Balaban J connectivity index is 2.55. The summed E-state index contributed by atoms with van der Waals surface area (Å²) in [7, 11) is 0. The third-order valence-corrected chi connectivity index (χ3v) is 2.98. The summed E-state index contributed by atoms with van der Waals surface area (Å²) in [5.41, 5.74) is 1.22. The van der Waals surface area contributed by atoms with Crippen LogP contribution in [0.1, 0.15) is 17.6 Å². The van der Waals surface area contributed by atoms with Gasteiger partial charge >= 0.3 is 0 Å². The fourth-order valence-corrected chi connectivity index (χ4v) is 1.88. The summed E-state index contributed by atoms with van der Waals surface area (Å²) in [5.74, 6) is 0. The highest BCUT2D eigenvalue weighted by molar-refractivity contribution is 9.08. The molecule has 0 aliphatic rings. The van der Waals surface area contributed by atoms with E-state index in [1.807, 2.05) is 18.2 Å². The summed E-state index contributed by atoms with van der Waals surface area (Å²) in [4.78, 5) is 0. The van der Waals surface area contributed by atoms with Crippen molar-refractivity contribution in [2.45, 2.75) is 11.8 Å². The van der Waals surface area contributed by atoms with Gasteiger partial charge in [0.25, 0.3) is 6.43 Å². The Bertz CT molecular complexity index is 480. The van der Waals surface area contributed by atoms with E-state index in [9.17, 15) is 8.78 Å². The predicted molar refractivity (Wildman–Crippen MR) is 61.5 cm³/mol. The number of rotatable bonds is 2. The first kappa shape index (κ1) is 10.6. The Morgan fingerprint density at radius 1 is 1.00 bits per heavy atom. The standard InChI is InChI=1S/C12H9BrF2/c13-7-8-1-2-10-6-11(12(14)15)4-3-9(10)5-8/h1-6,12H,7H2. The van der Waals surface area contributed by atoms with Crippen LogP contribution in [0.25, 0.3) is 10.8 Å². The van der Waals surface area contributed by atoms with E-state index < -0.39 is 6.43 Å². The summed E-state index contributed by atoms with van der Waals surface area (Å²) >= 11 is 3.36. The van der Waals surface area contributed by atoms with E-state index in [1.165, 1.54) is 12.1 Å². The topological polar surface area (TPSA) is 0 Å². The van der Waals surface area contributed by atoms with Gasteiger partial charge in [-0.2, -0.15) is 0 Å². The minimum Gasteiger partial charge on any atom is -0.205 e. The van der Waals surface area contributed by atoms with Crippen molar-refractivity contribution in [3.8, 4) is 0 Å². The summed E-state index contributed by atoms with van der Waals surface area (Å²) < 4.78 is 24.9. The van der Waals surface area contributed by atoms with Gasteiger partial charge in [0, 0.05) is 10.9 Å². The molecule has 2 aromatic carbocycles. The normalized spacial score (nSPS) is 11.2. The van der Waals surface area contributed by atoms with Crippen LogP contribution >= 0.6 is 15.9 Å². The SMILES string of the molecule is FC(F)c1ccc2cc(CBr)ccc2c1. The van der Waals surface area contributed by atoms with Gasteiger partial charge in [-0.05, 0) is 22.4 Å². The number of hydrogen-bond donors (Lipinski definition) is 0. The maximum Gasteiger partial charge on any atom is 0.263 e. The highest BCUT2D eigenvalue weighted by atomic mass is 79.9. The molecule has 78 valence electrons. The zero-order valence-corrected chi connectivity index (χ0v) is 9.47. The number of alkyl halides is 3. The molecule has 0 radical (unpaired) electrons. The lowest BCUT2D eigenvalue weighted by atomic mass is 10.1. The van der Waals surface area contributed by atoms with Crippen LogP contribution in [-0.2, 0) is 5.33 Å². The summed E-state index contributed by atoms with van der Waals surface area (Å²) in [5, 5.41) is 2.63. The van der Waals surface area contributed by atoms with Crippen molar-refractivity contribution in [2.75, 3.05) is 0 Å². The summed E-state index contributed by atoms with van der Waals surface area (Å²) in [6.07, 6.45) is -2.40. The van der Waals surface area contributed by atoms with Gasteiger partial charge in [0.05, 0.1) is 0 Å². The molecule has 0 atom stereocenters. The maximum absolute atomic E-state index is 12.4. The van der Waals surface area contributed by atoms with Gasteiger partial charge in [0.1, 0.15) is 0 Å². The molecule has 0 aliphatic carbocycles. The molecule has 3 heteroatoms. The molecule has 15 heavy (non-hydrogen) atoms. The molecule has 0 spiro atoms. The van der Waals surface area contributed by atoms with Crippen molar-refractivity contribution in [3.63, 3.8) is 0 Å². The largest absolute Gasteiger partial charge is 0.263 e. The lowest BCUT2D eigenvalue weighted by Crippen LogP contribution is -1.85. The van der Waals surface area contributed by atoms with Gasteiger partial charge in [-0.3, -0.25) is 0 Å². The predicted octanol–water partition coefficient (Wildman–Crippen LogP) is 4.67. The van der Waals surface area contributed by atoms with Crippen molar-refractivity contribution in [2.24, 2.45) is 0 Å². The molecular weight excluding hydrogens is 262 g/mol. The fourth-order valence-electron chi connectivity index (χ4n) is 1.53. The van der Waals surface area contributed by atoms with E-state index in [2.05, 4.69) is 15.9 Å². The number of hydrogen-bond acceptors (Lipinski definition) is 0. The monoisotopic (exact) mass is 270 g/mol. The minimum atomic E-state index is -2.40. The van der Waals surface area contributed by atoms with Gasteiger partial charge in [-0.15, -0.1) is 0 Å². The van der Waals surface area contributed by atoms with Crippen LogP contribution in [0.2, 0.25) is 0 Å². The van der Waals surface area contributed by atoms with Crippen molar-refractivity contribution in [1.82, 2.24) is 0 Å². The first-order valence-electron chi connectivity index (χ1n) is 4.57. The van der Waals surface area contributed by atoms with Crippen LogP contribution in [0.5, 0.6) is 0 Å². The fraction of sp³-hybridized carbons (Fsp3) is 0.167. The van der Waals surface area contributed by atoms with E-state index in [0.717, 1.165) is 21.7 Å². The molecule has 0 amide bonds. The molecule has 0 aromatic heterocycles. The minimum absolute atomic E-state index is 0.0779. The molecule has 2 rings (SSSR count). The van der Waals surface area contributed by atoms with Crippen molar-refractivity contribution in [3.05, 3.63) is 47.5 Å². The molecule has 0 unspecified atom stereocenters. The lowest BCUT2D eigenvalue weighted by Gasteiger charge is -2.04. The zero-order chi connectivity index (χ0) is 10.8. The van der Waals surface area contributed by atoms with Crippen molar-refractivity contribution < 1.29 is 8.78 Å². The van der Waals surface area contributed by atoms with Crippen molar-refractivity contribution >= 4 is 26.7 Å². The molecular formula is C12H9BrF2. The Morgan fingerprint density at radius 2 is 1.67 bits per heavy atom. The molecule has 2 aromatic rings. The average Bonchev–Trinajstić information content (AvgIpc) is 2.27. The molecule has 0 heterocycles. The molecule has 0 aliphatic heterocycles. The van der Waals surface area contributed by atoms with E-state index >= 15 is 0 Å². The van der Waals surface area contributed by atoms with Gasteiger partial charge in [-0.1, -0.05) is 46.3 Å². The smallest absolute Gasteiger partial charge is 0.205 e. The first-order valence-corrected chi connectivity index (χ1v) is 5.69. The van der Waals surface area contributed by atoms with Gasteiger partial charge in [0.2, 0.25) is 0 Å². The van der Waals surface area contributed by atoms with E-state index in [4.69, 9.17) is 0 Å². The summed E-state index contributed by atoms with van der Waals surface area (Å²) in [6.45, 7) is 0. The van der Waals surface area contributed by atoms with Gasteiger partial charge < -0.3 is 0 Å². The Kier molecular flexibility index (Phi) is 3.00. The van der Waals surface area contributed by atoms with E-state index in [-0.39, 0.29) is 5.56 Å². The number of halogens is 3. The molecule has 0 nitrogen and oxygen atoms in total. The quantitative estimate of drug-likeness (QED) is 0.696. The van der Waals surface area contributed by atoms with Crippen LogP contribution in [0.4, 0.5) is 8.78 Å². The summed E-state index contributed by atoms with van der Waals surface area (Å²) in [6, 6.07) is 10.6. The van der Waals surface area contributed by atoms with Crippen LogP contribution < -0.4 is 0 Å². The molecule has 0 N–H and O–H groups in total. The Labute approximate surface area is 95.0 Å². The van der Waals surface area contributed by atoms with Gasteiger partial charge in [-0.25, -0.2) is 8.78 Å². The zero-order valence-electron chi connectivity index (χ0n) is 7.88. The van der Waals surface area contributed by atoms with Crippen LogP contribution in [-0.4, -0.2) is 0 Å². The second kappa shape index (κ2) is 4.27. The van der Waals surface area contributed by atoms with E-state index in [0.29, 0.717) is 0 Å². The van der Waals surface area contributed by atoms with E-state index in [1.54, 1.807) is 6.07 Å². The molecule has 0 saturated heterocycles. The second-order valence-electron chi connectivity index (χ2n) is 3.38. The highest BCUT2D eigenvalue weighted by Crippen LogP contribution is 2.24.